The Morgan fingerprint density at radius 1 is 1.27 bits per heavy atom. The van der Waals surface area contributed by atoms with Crippen LogP contribution in [0.3, 0.4) is 0 Å². The van der Waals surface area contributed by atoms with Crippen molar-refractivity contribution >= 4 is 58.5 Å². The van der Waals surface area contributed by atoms with E-state index in [4.69, 9.17) is 0 Å². The Morgan fingerprint density at radius 2 is 2.08 bits per heavy atom. The van der Waals surface area contributed by atoms with Gasteiger partial charge >= 0.3 is 0 Å². The van der Waals surface area contributed by atoms with Gasteiger partial charge in [-0.05, 0) is 46.6 Å². The molecular weight excluding hydrogens is 440 g/mol. The predicted octanol–water partition coefficient (Wildman–Crippen LogP) is 3.39. The number of fused-ring (bicyclic) bond motifs is 1. The number of anilines is 1. The quantitative estimate of drug-likeness (QED) is 0.594. The fraction of sp³-hybridized carbons (Fsp3) is 0.188. The summed E-state index contributed by atoms with van der Waals surface area (Å²) in [6, 6.07) is 6.34. The number of nitrogens with zero attached hydrogens (tertiary/aromatic N) is 2. The van der Waals surface area contributed by atoms with E-state index in [1.807, 2.05) is 6.92 Å². The number of halogens is 1. The molecule has 2 heterocycles. The molecule has 0 saturated carbocycles. The highest BCUT2D eigenvalue weighted by molar-refractivity contribution is 9.10. The Balaban J connectivity index is 1.84. The smallest absolute Gasteiger partial charge is 0.259 e. The van der Waals surface area contributed by atoms with Gasteiger partial charge in [-0.2, -0.15) is 0 Å². The SMILES string of the molecule is CCCNS(=O)(=O)c1ccc2nc(NC(=O)c3cncc(Br)c3)sc2c1. The molecule has 0 aliphatic rings. The highest BCUT2D eigenvalue weighted by atomic mass is 79.9. The first kappa shape index (κ1) is 18.9. The van der Waals surface area contributed by atoms with Crippen LogP contribution in [0.15, 0.2) is 46.0 Å². The first-order chi connectivity index (χ1) is 12.4. The topological polar surface area (TPSA) is 101 Å². The molecule has 3 rings (SSSR count). The predicted molar refractivity (Wildman–Crippen MR) is 105 cm³/mol. The third kappa shape index (κ3) is 4.26. The summed E-state index contributed by atoms with van der Waals surface area (Å²) in [4.78, 5) is 20.7. The fourth-order valence-corrected chi connectivity index (χ4v) is 4.65. The van der Waals surface area contributed by atoms with Crippen LogP contribution < -0.4 is 10.0 Å². The maximum Gasteiger partial charge on any atom is 0.259 e. The number of hydrogen-bond acceptors (Lipinski definition) is 6. The van der Waals surface area contributed by atoms with E-state index in [1.165, 1.54) is 23.6 Å². The van der Waals surface area contributed by atoms with E-state index >= 15 is 0 Å². The molecule has 0 fully saturated rings. The summed E-state index contributed by atoms with van der Waals surface area (Å²) in [6.07, 6.45) is 3.75. The van der Waals surface area contributed by atoms with Gasteiger partial charge in [-0.15, -0.1) is 0 Å². The van der Waals surface area contributed by atoms with Crippen LogP contribution in [0.2, 0.25) is 0 Å². The largest absolute Gasteiger partial charge is 0.298 e. The highest BCUT2D eigenvalue weighted by Gasteiger charge is 2.16. The summed E-state index contributed by atoms with van der Waals surface area (Å²) in [5, 5.41) is 3.10. The van der Waals surface area contributed by atoms with E-state index in [9.17, 15) is 13.2 Å². The zero-order valence-electron chi connectivity index (χ0n) is 13.7. The minimum Gasteiger partial charge on any atom is -0.298 e. The van der Waals surface area contributed by atoms with Gasteiger partial charge in [-0.25, -0.2) is 18.1 Å². The molecule has 136 valence electrons. The van der Waals surface area contributed by atoms with Crippen molar-refractivity contribution in [2.24, 2.45) is 0 Å². The maximum absolute atomic E-state index is 12.3. The highest BCUT2D eigenvalue weighted by Crippen LogP contribution is 2.28. The average molecular weight is 455 g/mol. The number of nitrogens with one attached hydrogen (secondary N) is 2. The van der Waals surface area contributed by atoms with Crippen molar-refractivity contribution < 1.29 is 13.2 Å². The number of rotatable bonds is 6. The molecule has 1 aromatic carbocycles. The fourth-order valence-electron chi connectivity index (χ4n) is 2.15. The van der Waals surface area contributed by atoms with Crippen molar-refractivity contribution in [3.05, 3.63) is 46.7 Å². The van der Waals surface area contributed by atoms with Gasteiger partial charge in [0.05, 0.1) is 20.7 Å². The molecule has 0 spiro atoms. The number of sulfonamides is 1. The van der Waals surface area contributed by atoms with Crippen molar-refractivity contribution in [3.8, 4) is 0 Å². The van der Waals surface area contributed by atoms with Crippen LogP contribution in [0.5, 0.6) is 0 Å². The second kappa shape index (κ2) is 7.78. The summed E-state index contributed by atoms with van der Waals surface area (Å²) in [6.45, 7) is 2.27. The molecule has 1 amide bonds. The minimum absolute atomic E-state index is 0.177. The molecule has 0 saturated heterocycles. The zero-order chi connectivity index (χ0) is 18.7. The Labute approximate surface area is 163 Å². The number of carbonyl (C=O) groups excluding carboxylic acids is 1. The van der Waals surface area contributed by atoms with Gasteiger partial charge in [-0.1, -0.05) is 18.3 Å². The van der Waals surface area contributed by atoms with Crippen LogP contribution in [0.1, 0.15) is 23.7 Å². The average Bonchev–Trinajstić information content (AvgIpc) is 3.01. The molecule has 0 atom stereocenters. The van der Waals surface area contributed by atoms with Crippen molar-refractivity contribution in [3.63, 3.8) is 0 Å². The summed E-state index contributed by atoms with van der Waals surface area (Å²) in [5.41, 5.74) is 1.01. The lowest BCUT2D eigenvalue weighted by Crippen LogP contribution is -2.24. The first-order valence-corrected chi connectivity index (χ1v) is 10.8. The normalized spacial score (nSPS) is 11.6. The summed E-state index contributed by atoms with van der Waals surface area (Å²) < 4.78 is 28.4. The minimum atomic E-state index is -3.55. The molecule has 0 radical (unpaired) electrons. The van der Waals surface area contributed by atoms with Gasteiger partial charge in [0.15, 0.2) is 5.13 Å². The molecule has 0 aliphatic carbocycles. The number of amides is 1. The second-order valence-corrected chi connectivity index (χ2v) is 9.11. The Bertz CT molecular complexity index is 1070. The summed E-state index contributed by atoms with van der Waals surface area (Å²) >= 11 is 4.48. The van der Waals surface area contributed by atoms with E-state index in [-0.39, 0.29) is 10.8 Å². The lowest BCUT2D eigenvalue weighted by atomic mass is 10.3. The van der Waals surface area contributed by atoms with Crippen LogP contribution >= 0.6 is 27.3 Å². The van der Waals surface area contributed by atoms with E-state index < -0.39 is 10.0 Å². The third-order valence-electron chi connectivity index (χ3n) is 3.40. The monoisotopic (exact) mass is 454 g/mol. The van der Waals surface area contributed by atoms with Crippen LogP contribution in [-0.2, 0) is 10.0 Å². The lowest BCUT2D eigenvalue weighted by molar-refractivity contribution is 0.102. The Kier molecular flexibility index (Phi) is 5.66. The zero-order valence-corrected chi connectivity index (χ0v) is 16.9. The Hall–Kier alpha value is -1.88. The van der Waals surface area contributed by atoms with E-state index in [2.05, 4.69) is 35.9 Å². The van der Waals surface area contributed by atoms with Crippen LogP contribution in [0.4, 0.5) is 5.13 Å². The summed E-state index contributed by atoms with van der Waals surface area (Å²) in [5.74, 6) is -0.338. The molecule has 7 nitrogen and oxygen atoms in total. The number of benzene rings is 1. The van der Waals surface area contributed by atoms with E-state index in [0.717, 1.165) is 0 Å². The molecule has 0 unspecified atom stereocenters. The lowest BCUT2D eigenvalue weighted by Gasteiger charge is -2.04. The van der Waals surface area contributed by atoms with Crippen molar-refractivity contribution in [2.75, 3.05) is 11.9 Å². The number of carbonyl (C=O) groups is 1. The number of pyridine rings is 1. The van der Waals surface area contributed by atoms with Crippen molar-refractivity contribution in [1.29, 1.82) is 0 Å². The van der Waals surface area contributed by atoms with Gasteiger partial charge in [0.25, 0.3) is 5.91 Å². The molecule has 10 heteroatoms. The van der Waals surface area contributed by atoms with Crippen LogP contribution in [0.25, 0.3) is 10.2 Å². The molecule has 0 aliphatic heterocycles. The van der Waals surface area contributed by atoms with E-state index in [0.29, 0.717) is 38.3 Å². The molecule has 2 N–H and O–H groups in total. The molecule has 0 bridgehead atoms. The van der Waals surface area contributed by atoms with Gasteiger partial charge in [0.2, 0.25) is 10.0 Å². The van der Waals surface area contributed by atoms with Crippen molar-refractivity contribution in [2.45, 2.75) is 18.2 Å². The van der Waals surface area contributed by atoms with Crippen LogP contribution in [-0.4, -0.2) is 30.8 Å². The Morgan fingerprint density at radius 3 is 2.81 bits per heavy atom. The van der Waals surface area contributed by atoms with Gasteiger partial charge < -0.3 is 0 Å². The first-order valence-electron chi connectivity index (χ1n) is 7.71. The number of thiazole rings is 1. The summed E-state index contributed by atoms with van der Waals surface area (Å²) in [7, 11) is -3.55. The molecule has 26 heavy (non-hydrogen) atoms. The van der Waals surface area contributed by atoms with Crippen molar-refractivity contribution in [1.82, 2.24) is 14.7 Å². The molecule has 2 aromatic heterocycles. The van der Waals surface area contributed by atoms with Gasteiger partial charge in [-0.3, -0.25) is 15.1 Å². The number of hydrogen-bond donors (Lipinski definition) is 2. The molecular formula is C16H15BrN4O3S2. The maximum atomic E-state index is 12.3. The van der Waals surface area contributed by atoms with Gasteiger partial charge in [0, 0.05) is 23.4 Å². The standard InChI is InChI=1S/C16H15BrN4O3S2/c1-2-5-19-26(23,24)12-3-4-13-14(7-12)25-16(20-13)21-15(22)10-6-11(17)9-18-8-10/h3-4,6-9,19H,2,5H2,1H3,(H,20,21,22). The number of aromatic nitrogens is 2. The molecule has 3 aromatic rings. The van der Waals surface area contributed by atoms with Crippen LogP contribution in [0, 0.1) is 0 Å². The van der Waals surface area contributed by atoms with Gasteiger partial charge in [0.1, 0.15) is 0 Å². The third-order valence-corrected chi connectivity index (χ3v) is 6.23. The van der Waals surface area contributed by atoms with E-state index in [1.54, 1.807) is 24.4 Å². The second-order valence-electron chi connectivity index (χ2n) is 5.39.